The van der Waals surface area contributed by atoms with Gasteiger partial charge in [-0.25, -0.2) is 0 Å². The normalized spacial score (nSPS) is 12.3. The third-order valence-corrected chi connectivity index (χ3v) is 2.42. The summed E-state index contributed by atoms with van der Waals surface area (Å²) in [4.78, 5) is 0. The van der Waals surface area contributed by atoms with Gasteiger partial charge in [0.1, 0.15) is 5.75 Å². The largest absolute Gasteiger partial charge is 0.496 e. The van der Waals surface area contributed by atoms with E-state index in [2.05, 4.69) is 38.2 Å². The van der Waals surface area contributed by atoms with Crippen molar-refractivity contribution < 1.29 is 4.74 Å². The Hall–Kier alpha value is -1.18. The first kappa shape index (κ1) is 10.9. The summed E-state index contributed by atoms with van der Waals surface area (Å²) in [5.41, 5.74) is 2.33. The molecule has 0 aliphatic rings. The van der Waals surface area contributed by atoms with E-state index >= 15 is 0 Å². The van der Waals surface area contributed by atoms with Gasteiger partial charge in [0.2, 0.25) is 0 Å². The molecule has 0 amide bonds. The Morgan fingerprint density at radius 1 is 1.43 bits per heavy atom. The Labute approximate surface area is 86.3 Å². The lowest BCUT2D eigenvalue weighted by Gasteiger charge is -2.14. The van der Waals surface area contributed by atoms with Crippen molar-refractivity contribution in [3.63, 3.8) is 0 Å². The molecule has 0 heterocycles. The molecule has 0 saturated heterocycles. The number of aryl methyl sites for hydroxylation is 1. The van der Waals surface area contributed by atoms with E-state index in [-0.39, 0.29) is 0 Å². The Bertz CT molecular complexity index is 296. The highest BCUT2D eigenvalue weighted by Gasteiger charge is 2.01. The van der Waals surface area contributed by atoms with Crippen LogP contribution in [0.4, 0.5) is 5.69 Å². The average Bonchev–Trinajstić information content (AvgIpc) is 2.18. The van der Waals surface area contributed by atoms with Gasteiger partial charge in [0, 0.05) is 11.7 Å². The van der Waals surface area contributed by atoms with E-state index in [0.29, 0.717) is 6.04 Å². The highest BCUT2D eigenvalue weighted by atomic mass is 16.5. The van der Waals surface area contributed by atoms with Gasteiger partial charge in [-0.3, -0.25) is 0 Å². The van der Waals surface area contributed by atoms with Gasteiger partial charge in [0.05, 0.1) is 7.11 Å². The molecule has 0 aromatic heterocycles. The van der Waals surface area contributed by atoms with Crippen LogP contribution in [0.15, 0.2) is 18.2 Å². The lowest BCUT2D eigenvalue weighted by molar-refractivity contribution is 0.412. The quantitative estimate of drug-likeness (QED) is 0.792. The monoisotopic (exact) mass is 193 g/mol. The highest BCUT2D eigenvalue weighted by molar-refractivity contribution is 5.51. The molecule has 1 N–H and O–H groups in total. The van der Waals surface area contributed by atoms with Crippen molar-refractivity contribution >= 4 is 5.69 Å². The molecule has 0 bridgehead atoms. The summed E-state index contributed by atoms with van der Waals surface area (Å²) in [7, 11) is 1.70. The van der Waals surface area contributed by atoms with Gasteiger partial charge < -0.3 is 10.1 Å². The van der Waals surface area contributed by atoms with Crippen molar-refractivity contribution in [2.24, 2.45) is 0 Å². The first-order valence-electron chi connectivity index (χ1n) is 5.08. The van der Waals surface area contributed by atoms with E-state index in [9.17, 15) is 0 Å². The Kier molecular flexibility index (Phi) is 3.81. The smallest absolute Gasteiger partial charge is 0.121 e. The number of anilines is 1. The molecular formula is C12H19NO. The third kappa shape index (κ3) is 2.66. The molecule has 2 heteroatoms. The number of rotatable bonds is 4. The van der Waals surface area contributed by atoms with Crippen LogP contribution in [0.25, 0.3) is 0 Å². The van der Waals surface area contributed by atoms with Crippen LogP contribution >= 0.6 is 0 Å². The molecule has 0 saturated carbocycles. The van der Waals surface area contributed by atoms with Crippen molar-refractivity contribution in [1.29, 1.82) is 0 Å². The molecule has 0 fully saturated rings. The van der Waals surface area contributed by atoms with E-state index in [1.807, 2.05) is 6.07 Å². The fourth-order valence-electron chi connectivity index (χ4n) is 1.35. The van der Waals surface area contributed by atoms with E-state index in [4.69, 9.17) is 4.74 Å². The lowest BCUT2D eigenvalue weighted by Crippen LogP contribution is -2.13. The fourth-order valence-corrected chi connectivity index (χ4v) is 1.35. The zero-order valence-corrected chi connectivity index (χ0v) is 9.42. The SMILES string of the molecule is CCC(C)Nc1ccc(OC)c(C)c1. The molecular weight excluding hydrogens is 174 g/mol. The van der Waals surface area contributed by atoms with Crippen molar-refractivity contribution in [2.45, 2.75) is 33.2 Å². The third-order valence-electron chi connectivity index (χ3n) is 2.42. The minimum absolute atomic E-state index is 0.516. The second kappa shape index (κ2) is 4.89. The van der Waals surface area contributed by atoms with Crippen LogP contribution in [0.2, 0.25) is 0 Å². The number of hydrogen-bond acceptors (Lipinski definition) is 2. The predicted molar refractivity (Wildman–Crippen MR) is 61.1 cm³/mol. The first-order chi connectivity index (χ1) is 6.67. The molecule has 0 radical (unpaired) electrons. The van der Waals surface area contributed by atoms with Gasteiger partial charge in [0.25, 0.3) is 0 Å². The van der Waals surface area contributed by atoms with Crippen molar-refractivity contribution in [3.05, 3.63) is 23.8 Å². The number of methoxy groups -OCH3 is 1. The van der Waals surface area contributed by atoms with Gasteiger partial charge in [-0.1, -0.05) is 6.92 Å². The van der Waals surface area contributed by atoms with E-state index in [1.165, 1.54) is 5.56 Å². The van der Waals surface area contributed by atoms with E-state index < -0.39 is 0 Å². The summed E-state index contributed by atoms with van der Waals surface area (Å²) in [6.07, 6.45) is 1.13. The molecule has 78 valence electrons. The Morgan fingerprint density at radius 2 is 2.14 bits per heavy atom. The molecule has 0 aliphatic heterocycles. The van der Waals surface area contributed by atoms with E-state index in [1.54, 1.807) is 7.11 Å². The van der Waals surface area contributed by atoms with Crippen LogP contribution in [0.3, 0.4) is 0 Å². The fraction of sp³-hybridized carbons (Fsp3) is 0.500. The van der Waals surface area contributed by atoms with Gasteiger partial charge in [-0.15, -0.1) is 0 Å². The number of benzene rings is 1. The van der Waals surface area contributed by atoms with Gasteiger partial charge in [0.15, 0.2) is 0 Å². The summed E-state index contributed by atoms with van der Waals surface area (Å²) in [6.45, 7) is 6.41. The average molecular weight is 193 g/mol. The first-order valence-corrected chi connectivity index (χ1v) is 5.08. The van der Waals surface area contributed by atoms with Crippen LogP contribution in [-0.4, -0.2) is 13.2 Å². The molecule has 1 aromatic carbocycles. The lowest BCUT2D eigenvalue weighted by atomic mass is 10.1. The zero-order valence-electron chi connectivity index (χ0n) is 9.42. The van der Waals surface area contributed by atoms with Gasteiger partial charge in [-0.05, 0) is 44.0 Å². The second-order valence-electron chi connectivity index (χ2n) is 3.64. The molecule has 0 aliphatic carbocycles. The minimum atomic E-state index is 0.516. The van der Waals surface area contributed by atoms with Crippen LogP contribution in [0, 0.1) is 6.92 Å². The maximum atomic E-state index is 5.20. The molecule has 1 atom stereocenters. The summed E-state index contributed by atoms with van der Waals surface area (Å²) in [5, 5.41) is 3.43. The molecule has 2 nitrogen and oxygen atoms in total. The maximum absolute atomic E-state index is 5.20. The number of ether oxygens (including phenoxy) is 1. The molecule has 0 spiro atoms. The van der Waals surface area contributed by atoms with Crippen molar-refractivity contribution in [3.8, 4) is 5.75 Å². The molecule has 14 heavy (non-hydrogen) atoms. The van der Waals surface area contributed by atoms with Gasteiger partial charge >= 0.3 is 0 Å². The van der Waals surface area contributed by atoms with Crippen LogP contribution in [-0.2, 0) is 0 Å². The summed E-state index contributed by atoms with van der Waals surface area (Å²) in [5.74, 6) is 0.944. The topological polar surface area (TPSA) is 21.3 Å². The number of nitrogens with one attached hydrogen (secondary N) is 1. The summed E-state index contributed by atoms with van der Waals surface area (Å²) in [6, 6.07) is 6.69. The zero-order chi connectivity index (χ0) is 10.6. The highest BCUT2D eigenvalue weighted by Crippen LogP contribution is 2.21. The standard InChI is InChI=1S/C12H19NO/c1-5-10(3)13-11-6-7-12(14-4)9(2)8-11/h6-8,10,13H,5H2,1-4H3. The molecule has 1 aromatic rings. The van der Waals surface area contributed by atoms with Crippen molar-refractivity contribution in [1.82, 2.24) is 0 Å². The summed E-state index contributed by atoms with van der Waals surface area (Å²) >= 11 is 0. The minimum Gasteiger partial charge on any atom is -0.496 e. The Balaban J connectivity index is 2.76. The maximum Gasteiger partial charge on any atom is 0.121 e. The predicted octanol–water partition coefficient (Wildman–Crippen LogP) is 3.21. The molecule has 1 rings (SSSR count). The van der Waals surface area contributed by atoms with Crippen LogP contribution in [0.5, 0.6) is 5.75 Å². The van der Waals surface area contributed by atoms with Gasteiger partial charge in [-0.2, -0.15) is 0 Å². The number of hydrogen-bond donors (Lipinski definition) is 1. The second-order valence-corrected chi connectivity index (χ2v) is 3.64. The van der Waals surface area contributed by atoms with E-state index in [0.717, 1.165) is 17.9 Å². The van der Waals surface area contributed by atoms with Crippen molar-refractivity contribution in [2.75, 3.05) is 12.4 Å². The van der Waals surface area contributed by atoms with Crippen LogP contribution < -0.4 is 10.1 Å². The molecule has 1 unspecified atom stereocenters. The van der Waals surface area contributed by atoms with Crippen LogP contribution in [0.1, 0.15) is 25.8 Å². The Morgan fingerprint density at radius 3 is 2.64 bits per heavy atom. The summed E-state index contributed by atoms with van der Waals surface area (Å²) < 4.78 is 5.20.